The van der Waals surface area contributed by atoms with Gasteiger partial charge in [0.2, 0.25) is 5.91 Å². The van der Waals surface area contributed by atoms with E-state index in [1.54, 1.807) is 0 Å². The van der Waals surface area contributed by atoms with E-state index in [4.69, 9.17) is 10.7 Å². The molecular formula is C17H35IN4O. The van der Waals surface area contributed by atoms with Crippen LogP contribution in [-0.4, -0.2) is 42.9 Å². The van der Waals surface area contributed by atoms with E-state index >= 15 is 0 Å². The molecule has 1 fully saturated rings. The van der Waals surface area contributed by atoms with Gasteiger partial charge in [0, 0.05) is 32.6 Å². The molecule has 0 saturated carbocycles. The number of carbonyl (C=O) groups is 1. The van der Waals surface area contributed by atoms with Crippen molar-refractivity contribution in [3.05, 3.63) is 0 Å². The molecule has 0 aliphatic carbocycles. The van der Waals surface area contributed by atoms with Crippen molar-refractivity contribution in [2.45, 2.75) is 59.3 Å². The normalized spacial score (nSPS) is 18.7. The smallest absolute Gasteiger partial charge is 0.217 e. The molecule has 1 amide bonds. The van der Waals surface area contributed by atoms with E-state index in [9.17, 15) is 4.79 Å². The van der Waals surface area contributed by atoms with Crippen molar-refractivity contribution in [1.82, 2.24) is 10.2 Å². The summed E-state index contributed by atoms with van der Waals surface area (Å²) in [5.74, 6) is 1.95. The molecule has 0 aromatic rings. The van der Waals surface area contributed by atoms with Crippen LogP contribution in [0.2, 0.25) is 0 Å². The fourth-order valence-electron chi connectivity index (χ4n) is 2.98. The second-order valence-corrected chi connectivity index (χ2v) is 6.75. The van der Waals surface area contributed by atoms with Gasteiger partial charge in [-0.1, -0.05) is 26.7 Å². The van der Waals surface area contributed by atoms with E-state index in [1.807, 2.05) is 0 Å². The number of nitrogens with zero attached hydrogens (tertiary/aromatic N) is 2. The molecule has 3 N–H and O–H groups in total. The van der Waals surface area contributed by atoms with Crippen LogP contribution in [0.25, 0.3) is 0 Å². The highest BCUT2D eigenvalue weighted by Gasteiger charge is 2.23. The number of nitrogens with one attached hydrogen (secondary N) is 1. The zero-order valence-corrected chi connectivity index (χ0v) is 17.3. The summed E-state index contributed by atoms with van der Waals surface area (Å²) >= 11 is 0. The molecule has 1 aliphatic heterocycles. The summed E-state index contributed by atoms with van der Waals surface area (Å²) in [5.41, 5.74) is 5.34. The maximum Gasteiger partial charge on any atom is 0.217 e. The number of nitrogens with two attached hydrogens (primary N) is 1. The fourth-order valence-corrected chi connectivity index (χ4v) is 2.98. The Hall–Kier alpha value is -0.530. The van der Waals surface area contributed by atoms with E-state index in [1.165, 1.54) is 12.8 Å². The van der Waals surface area contributed by atoms with Crippen molar-refractivity contribution in [2.24, 2.45) is 22.6 Å². The molecule has 1 atom stereocenters. The molecule has 1 rings (SSSR count). The number of primary amides is 1. The van der Waals surface area contributed by atoms with E-state index in [0.717, 1.165) is 57.3 Å². The average molecular weight is 438 g/mol. The largest absolute Gasteiger partial charge is 0.370 e. The van der Waals surface area contributed by atoms with Crippen LogP contribution in [0, 0.1) is 11.8 Å². The van der Waals surface area contributed by atoms with Crippen LogP contribution in [0.4, 0.5) is 0 Å². The second kappa shape index (κ2) is 12.8. The van der Waals surface area contributed by atoms with Gasteiger partial charge in [0.25, 0.3) is 0 Å². The zero-order valence-electron chi connectivity index (χ0n) is 15.0. The third kappa shape index (κ3) is 10.0. The van der Waals surface area contributed by atoms with Gasteiger partial charge in [-0.3, -0.25) is 9.79 Å². The number of amides is 1. The monoisotopic (exact) mass is 438 g/mol. The highest BCUT2D eigenvalue weighted by atomic mass is 127. The van der Waals surface area contributed by atoms with E-state index in [0.29, 0.717) is 12.3 Å². The predicted octanol–water partition coefficient (Wildman–Crippen LogP) is 2.98. The number of likely N-dealkylation sites (tertiary alicyclic amines) is 1. The molecule has 0 bridgehead atoms. The van der Waals surface area contributed by atoms with Crippen LogP contribution in [0.15, 0.2) is 4.99 Å². The molecule has 0 radical (unpaired) electrons. The Morgan fingerprint density at radius 2 is 2.13 bits per heavy atom. The van der Waals surface area contributed by atoms with Gasteiger partial charge in [0.1, 0.15) is 0 Å². The Kier molecular flexibility index (Phi) is 12.5. The second-order valence-electron chi connectivity index (χ2n) is 6.75. The molecular weight excluding hydrogens is 403 g/mol. The lowest BCUT2D eigenvalue weighted by Gasteiger charge is -2.34. The molecule has 1 unspecified atom stereocenters. The Morgan fingerprint density at radius 1 is 1.39 bits per heavy atom. The van der Waals surface area contributed by atoms with Gasteiger partial charge in [0.05, 0.1) is 0 Å². The minimum absolute atomic E-state index is 0. The molecule has 136 valence electrons. The van der Waals surface area contributed by atoms with Crippen LogP contribution in [0.1, 0.15) is 59.3 Å². The fraction of sp³-hybridized carbons (Fsp3) is 0.882. The van der Waals surface area contributed by atoms with Crippen molar-refractivity contribution >= 4 is 35.8 Å². The SMILES string of the molecule is CCNC(=NCCCCC(C)C)N1CCCC(CC(N)=O)C1.I. The van der Waals surface area contributed by atoms with Gasteiger partial charge < -0.3 is 16.0 Å². The van der Waals surface area contributed by atoms with Crippen molar-refractivity contribution in [3.63, 3.8) is 0 Å². The first kappa shape index (κ1) is 22.5. The molecule has 0 aromatic heterocycles. The van der Waals surface area contributed by atoms with E-state index in [-0.39, 0.29) is 29.9 Å². The number of guanidine groups is 1. The van der Waals surface area contributed by atoms with Gasteiger partial charge in [-0.25, -0.2) is 0 Å². The van der Waals surface area contributed by atoms with E-state index < -0.39 is 0 Å². The lowest BCUT2D eigenvalue weighted by Crippen LogP contribution is -2.47. The Labute approximate surface area is 158 Å². The number of halogens is 1. The number of carbonyl (C=O) groups excluding carboxylic acids is 1. The molecule has 1 saturated heterocycles. The summed E-state index contributed by atoms with van der Waals surface area (Å²) in [4.78, 5) is 18.2. The third-order valence-electron chi connectivity index (χ3n) is 4.09. The first-order valence-electron chi connectivity index (χ1n) is 8.84. The molecule has 1 aliphatic rings. The zero-order chi connectivity index (χ0) is 16.4. The maximum atomic E-state index is 11.1. The molecule has 6 heteroatoms. The first-order chi connectivity index (χ1) is 10.5. The number of aliphatic imine (C=N–C) groups is 1. The predicted molar refractivity (Wildman–Crippen MR) is 108 cm³/mol. The topological polar surface area (TPSA) is 70.7 Å². The van der Waals surface area contributed by atoms with Gasteiger partial charge in [-0.05, 0) is 38.0 Å². The number of unbranched alkanes of at least 4 members (excludes halogenated alkanes) is 1. The van der Waals surface area contributed by atoms with Crippen LogP contribution in [0.3, 0.4) is 0 Å². The van der Waals surface area contributed by atoms with Crippen molar-refractivity contribution in [2.75, 3.05) is 26.2 Å². The molecule has 1 heterocycles. The summed E-state index contributed by atoms with van der Waals surface area (Å²) in [7, 11) is 0. The Bertz CT molecular complexity index is 361. The number of hydrogen-bond acceptors (Lipinski definition) is 2. The molecule has 23 heavy (non-hydrogen) atoms. The van der Waals surface area contributed by atoms with Gasteiger partial charge in [-0.15, -0.1) is 24.0 Å². The Morgan fingerprint density at radius 3 is 2.74 bits per heavy atom. The average Bonchev–Trinajstić information content (AvgIpc) is 2.45. The quantitative estimate of drug-likeness (QED) is 0.265. The van der Waals surface area contributed by atoms with Crippen LogP contribution >= 0.6 is 24.0 Å². The molecule has 0 spiro atoms. The van der Waals surface area contributed by atoms with E-state index in [2.05, 4.69) is 31.0 Å². The van der Waals surface area contributed by atoms with Gasteiger partial charge in [-0.2, -0.15) is 0 Å². The minimum Gasteiger partial charge on any atom is -0.370 e. The summed E-state index contributed by atoms with van der Waals surface area (Å²) < 4.78 is 0. The number of rotatable bonds is 8. The standard InChI is InChI=1S/C17H34N4O.HI/c1-4-19-17(20-10-6-5-8-14(2)3)21-11-7-9-15(13-21)12-16(18)22;/h14-15H,4-13H2,1-3H3,(H2,18,22)(H,19,20);1H. The van der Waals surface area contributed by atoms with Gasteiger partial charge in [0.15, 0.2) is 5.96 Å². The van der Waals surface area contributed by atoms with Crippen molar-refractivity contribution in [3.8, 4) is 0 Å². The van der Waals surface area contributed by atoms with Crippen molar-refractivity contribution < 1.29 is 4.79 Å². The summed E-state index contributed by atoms with van der Waals surface area (Å²) in [5, 5.41) is 3.39. The number of hydrogen-bond donors (Lipinski definition) is 2. The Balaban J connectivity index is 0.00000484. The summed E-state index contributed by atoms with van der Waals surface area (Å²) in [6, 6.07) is 0. The number of piperidine rings is 1. The first-order valence-corrected chi connectivity index (χ1v) is 8.84. The third-order valence-corrected chi connectivity index (χ3v) is 4.09. The van der Waals surface area contributed by atoms with Crippen LogP contribution in [0.5, 0.6) is 0 Å². The molecule has 0 aromatic carbocycles. The maximum absolute atomic E-state index is 11.1. The van der Waals surface area contributed by atoms with Gasteiger partial charge >= 0.3 is 0 Å². The van der Waals surface area contributed by atoms with Crippen LogP contribution in [-0.2, 0) is 4.79 Å². The van der Waals surface area contributed by atoms with Crippen molar-refractivity contribution in [1.29, 1.82) is 0 Å². The lowest BCUT2D eigenvalue weighted by atomic mass is 9.95. The minimum atomic E-state index is -0.192. The highest BCUT2D eigenvalue weighted by Crippen LogP contribution is 2.19. The van der Waals surface area contributed by atoms with Crippen LogP contribution < -0.4 is 11.1 Å². The molecule has 5 nitrogen and oxygen atoms in total. The summed E-state index contributed by atoms with van der Waals surface area (Å²) in [6.45, 7) is 10.3. The highest BCUT2D eigenvalue weighted by molar-refractivity contribution is 14.0. The summed E-state index contributed by atoms with van der Waals surface area (Å²) in [6.07, 6.45) is 6.35. The lowest BCUT2D eigenvalue weighted by molar-refractivity contribution is -0.119.